The predicted octanol–water partition coefficient (Wildman–Crippen LogP) is 1.68. The van der Waals surface area contributed by atoms with Crippen molar-refractivity contribution in [2.24, 2.45) is 0 Å². The van der Waals surface area contributed by atoms with E-state index in [1.54, 1.807) is 4.52 Å². The van der Waals surface area contributed by atoms with Gasteiger partial charge < -0.3 is 10.1 Å². The molecule has 2 aromatic heterocycles. The molecular formula is C11H14ClN5O. The molecule has 0 aliphatic carbocycles. The molecule has 96 valence electrons. The molecular weight excluding hydrogens is 254 g/mol. The highest BCUT2D eigenvalue weighted by Gasteiger charge is 2.26. The first-order chi connectivity index (χ1) is 8.66. The second kappa shape index (κ2) is 4.37. The van der Waals surface area contributed by atoms with E-state index in [-0.39, 0.29) is 12.1 Å². The van der Waals surface area contributed by atoms with Gasteiger partial charge in [-0.25, -0.2) is 0 Å². The van der Waals surface area contributed by atoms with Crippen LogP contribution in [0.4, 0.5) is 5.82 Å². The van der Waals surface area contributed by atoms with Crippen molar-refractivity contribution in [2.75, 3.05) is 11.9 Å². The minimum absolute atomic E-state index is 0.176. The topological polar surface area (TPSA) is 64.3 Å². The summed E-state index contributed by atoms with van der Waals surface area (Å²) in [6, 6.07) is 0.259. The van der Waals surface area contributed by atoms with E-state index in [1.807, 2.05) is 6.92 Å². The Balaban J connectivity index is 2.04. The number of nitrogens with zero attached hydrogens (tertiary/aromatic N) is 4. The van der Waals surface area contributed by atoms with Gasteiger partial charge in [0.25, 0.3) is 5.78 Å². The van der Waals surface area contributed by atoms with Crippen molar-refractivity contribution in [3.05, 3.63) is 17.0 Å². The Morgan fingerprint density at radius 3 is 3.11 bits per heavy atom. The van der Waals surface area contributed by atoms with Crippen molar-refractivity contribution >= 4 is 23.2 Å². The van der Waals surface area contributed by atoms with Gasteiger partial charge in [0.15, 0.2) is 0 Å². The molecule has 1 aliphatic rings. The summed E-state index contributed by atoms with van der Waals surface area (Å²) in [4.78, 5) is 8.23. The highest BCUT2D eigenvalue weighted by Crippen LogP contribution is 2.25. The Labute approximate surface area is 109 Å². The highest BCUT2D eigenvalue weighted by atomic mass is 35.5. The number of rotatable bonds is 2. The molecule has 0 spiro atoms. The van der Waals surface area contributed by atoms with E-state index in [9.17, 15) is 0 Å². The predicted molar refractivity (Wildman–Crippen MR) is 68.0 cm³/mol. The number of anilines is 1. The van der Waals surface area contributed by atoms with Crippen molar-refractivity contribution in [1.29, 1.82) is 0 Å². The van der Waals surface area contributed by atoms with Crippen molar-refractivity contribution < 1.29 is 4.74 Å². The standard InChI is InChI=1S/C11H14ClN5O/c1-6-9(12)16-11-13-5-14-17(11)10(6)15-8-3-4-18-7(8)2/h5,7-8,15H,3-4H2,1-2H3. The molecule has 1 N–H and O–H groups in total. The molecule has 3 rings (SSSR count). The molecule has 0 saturated carbocycles. The normalized spacial score (nSPS) is 23.7. The van der Waals surface area contributed by atoms with Crippen LogP contribution < -0.4 is 5.32 Å². The van der Waals surface area contributed by atoms with Gasteiger partial charge in [-0.3, -0.25) is 0 Å². The largest absolute Gasteiger partial charge is 0.376 e. The maximum atomic E-state index is 6.11. The van der Waals surface area contributed by atoms with E-state index in [0.717, 1.165) is 24.4 Å². The SMILES string of the molecule is Cc1c(Cl)nc2ncnn2c1NC1CCOC1C. The Hall–Kier alpha value is -1.40. The third kappa shape index (κ3) is 1.81. The molecule has 1 fully saturated rings. The number of aromatic nitrogens is 4. The molecule has 2 atom stereocenters. The average molecular weight is 268 g/mol. The second-order valence-corrected chi connectivity index (χ2v) is 4.82. The van der Waals surface area contributed by atoms with Crippen LogP contribution in [-0.4, -0.2) is 38.3 Å². The van der Waals surface area contributed by atoms with Crippen LogP contribution in [-0.2, 0) is 4.74 Å². The molecule has 6 nitrogen and oxygen atoms in total. The Kier molecular flexibility index (Phi) is 2.83. The summed E-state index contributed by atoms with van der Waals surface area (Å²) < 4.78 is 7.22. The summed E-state index contributed by atoms with van der Waals surface area (Å²) >= 11 is 6.11. The molecule has 0 aromatic carbocycles. The maximum Gasteiger partial charge on any atom is 0.255 e. The number of hydrogen-bond donors (Lipinski definition) is 1. The maximum absolute atomic E-state index is 6.11. The molecule has 3 heterocycles. The number of ether oxygens (including phenoxy) is 1. The first kappa shape index (κ1) is 11.7. The van der Waals surface area contributed by atoms with Crippen molar-refractivity contribution in [3.63, 3.8) is 0 Å². The van der Waals surface area contributed by atoms with Crippen LogP contribution in [0.3, 0.4) is 0 Å². The van der Waals surface area contributed by atoms with Crippen LogP contribution >= 0.6 is 11.6 Å². The van der Waals surface area contributed by atoms with Gasteiger partial charge in [-0.2, -0.15) is 19.6 Å². The van der Waals surface area contributed by atoms with E-state index in [2.05, 4.69) is 27.3 Å². The van der Waals surface area contributed by atoms with Gasteiger partial charge in [0, 0.05) is 12.2 Å². The molecule has 2 aromatic rings. The molecule has 1 aliphatic heterocycles. The molecule has 18 heavy (non-hydrogen) atoms. The number of nitrogens with one attached hydrogen (secondary N) is 1. The van der Waals surface area contributed by atoms with E-state index >= 15 is 0 Å². The number of hydrogen-bond acceptors (Lipinski definition) is 5. The fourth-order valence-electron chi connectivity index (χ4n) is 2.16. The van der Waals surface area contributed by atoms with Crippen LogP contribution in [0.15, 0.2) is 6.33 Å². The summed E-state index contributed by atoms with van der Waals surface area (Å²) in [6.07, 6.45) is 2.61. The van der Waals surface area contributed by atoms with Gasteiger partial charge in [-0.15, -0.1) is 0 Å². The second-order valence-electron chi connectivity index (χ2n) is 4.46. The summed E-state index contributed by atoms with van der Waals surface area (Å²) in [6.45, 7) is 4.75. The molecule has 0 radical (unpaired) electrons. The summed E-state index contributed by atoms with van der Waals surface area (Å²) in [5, 5.41) is 8.06. The molecule has 7 heteroatoms. The minimum Gasteiger partial charge on any atom is -0.376 e. The quantitative estimate of drug-likeness (QED) is 0.839. The monoisotopic (exact) mass is 267 g/mol. The van der Waals surface area contributed by atoms with Crippen molar-refractivity contribution in [1.82, 2.24) is 19.6 Å². The van der Waals surface area contributed by atoms with E-state index in [1.165, 1.54) is 6.33 Å². The Morgan fingerprint density at radius 2 is 2.39 bits per heavy atom. The number of fused-ring (bicyclic) bond motifs is 1. The number of halogens is 1. The van der Waals surface area contributed by atoms with Crippen LogP contribution in [0.2, 0.25) is 5.15 Å². The van der Waals surface area contributed by atoms with Gasteiger partial charge in [0.05, 0.1) is 12.1 Å². The highest BCUT2D eigenvalue weighted by molar-refractivity contribution is 6.30. The van der Waals surface area contributed by atoms with Gasteiger partial charge in [0.1, 0.15) is 17.3 Å². The van der Waals surface area contributed by atoms with Gasteiger partial charge in [0.2, 0.25) is 0 Å². The lowest BCUT2D eigenvalue weighted by atomic mass is 10.1. The van der Waals surface area contributed by atoms with Gasteiger partial charge in [-0.05, 0) is 20.3 Å². The lowest BCUT2D eigenvalue weighted by Gasteiger charge is -2.19. The lowest BCUT2D eigenvalue weighted by molar-refractivity contribution is 0.121. The third-order valence-electron chi connectivity index (χ3n) is 3.30. The molecule has 0 amide bonds. The lowest BCUT2D eigenvalue weighted by Crippen LogP contribution is -2.28. The van der Waals surface area contributed by atoms with E-state index in [0.29, 0.717) is 10.9 Å². The van der Waals surface area contributed by atoms with Crippen LogP contribution in [0.1, 0.15) is 18.9 Å². The smallest absolute Gasteiger partial charge is 0.255 e. The minimum atomic E-state index is 0.176. The Bertz CT molecular complexity index is 584. The first-order valence-electron chi connectivity index (χ1n) is 5.91. The summed E-state index contributed by atoms with van der Waals surface area (Å²) in [5.74, 6) is 1.34. The van der Waals surface area contributed by atoms with Gasteiger partial charge >= 0.3 is 0 Å². The van der Waals surface area contributed by atoms with Crippen LogP contribution in [0.25, 0.3) is 5.78 Å². The zero-order valence-electron chi connectivity index (χ0n) is 10.2. The summed E-state index contributed by atoms with van der Waals surface area (Å²) in [5.41, 5.74) is 0.869. The van der Waals surface area contributed by atoms with E-state index in [4.69, 9.17) is 16.3 Å². The van der Waals surface area contributed by atoms with Gasteiger partial charge in [-0.1, -0.05) is 11.6 Å². The third-order valence-corrected chi connectivity index (χ3v) is 3.67. The fraction of sp³-hybridized carbons (Fsp3) is 0.545. The first-order valence-corrected chi connectivity index (χ1v) is 6.28. The van der Waals surface area contributed by atoms with Crippen molar-refractivity contribution in [2.45, 2.75) is 32.4 Å². The fourth-order valence-corrected chi connectivity index (χ4v) is 2.33. The molecule has 0 bridgehead atoms. The molecule has 2 unspecified atom stereocenters. The van der Waals surface area contributed by atoms with Crippen LogP contribution in [0, 0.1) is 6.92 Å². The zero-order chi connectivity index (χ0) is 12.7. The molecule has 1 saturated heterocycles. The Morgan fingerprint density at radius 1 is 1.56 bits per heavy atom. The van der Waals surface area contributed by atoms with E-state index < -0.39 is 0 Å². The van der Waals surface area contributed by atoms with Crippen LogP contribution in [0.5, 0.6) is 0 Å². The zero-order valence-corrected chi connectivity index (χ0v) is 11.0. The average Bonchev–Trinajstić information content (AvgIpc) is 2.94. The van der Waals surface area contributed by atoms with Crippen molar-refractivity contribution in [3.8, 4) is 0 Å². The summed E-state index contributed by atoms with van der Waals surface area (Å²) in [7, 11) is 0.